The number of alkyl halides is 1. The third kappa shape index (κ3) is 9.76. The van der Waals surface area contributed by atoms with E-state index in [9.17, 15) is 9.18 Å². The van der Waals surface area contributed by atoms with E-state index in [1.807, 2.05) is 0 Å². The number of carbonyl (C=O) groups excluding carboxylic acids is 1. The largest absolute Gasteiger partial charge is 0.463 e. The third-order valence-electron chi connectivity index (χ3n) is 3.25. The molecule has 0 aromatic carbocycles. The lowest BCUT2D eigenvalue weighted by molar-refractivity contribution is -0.137. The molecule has 0 aromatic rings. The molecule has 0 spiro atoms. The van der Waals surface area contributed by atoms with Crippen LogP contribution in [-0.4, -0.2) is 18.7 Å². The molecule has 0 saturated carbocycles. The standard InChI is InChI=1S/C17H29FO2/c1-6-20-17(19)12-15(5)16(18)11-10-14(4)9-7-8-13(2)3/h8,12,14,16H,6-7,9-11H2,1-5H3. The van der Waals surface area contributed by atoms with E-state index in [0.29, 0.717) is 24.5 Å². The molecule has 0 saturated heterocycles. The predicted octanol–water partition coefficient (Wildman–Crippen LogP) is 5.00. The summed E-state index contributed by atoms with van der Waals surface area (Å²) in [6, 6.07) is 0. The van der Waals surface area contributed by atoms with E-state index >= 15 is 0 Å². The zero-order chi connectivity index (χ0) is 15.5. The lowest BCUT2D eigenvalue weighted by atomic mass is 9.96. The molecule has 0 fully saturated rings. The zero-order valence-electron chi connectivity index (χ0n) is 13.5. The Balaban J connectivity index is 4.05. The van der Waals surface area contributed by atoms with Crippen LogP contribution in [0.1, 0.15) is 60.3 Å². The Labute approximate surface area is 123 Å². The molecule has 0 aliphatic carbocycles. The highest BCUT2D eigenvalue weighted by atomic mass is 19.1. The molecule has 2 atom stereocenters. The highest BCUT2D eigenvalue weighted by Gasteiger charge is 2.12. The quantitative estimate of drug-likeness (QED) is 0.338. The summed E-state index contributed by atoms with van der Waals surface area (Å²) in [6.07, 6.45) is 5.88. The Hall–Kier alpha value is -1.12. The van der Waals surface area contributed by atoms with Crippen LogP contribution < -0.4 is 0 Å². The van der Waals surface area contributed by atoms with E-state index in [1.165, 1.54) is 11.6 Å². The molecule has 116 valence electrons. The summed E-state index contributed by atoms with van der Waals surface area (Å²) in [4.78, 5) is 11.2. The second kappa shape index (κ2) is 10.6. The molecule has 20 heavy (non-hydrogen) atoms. The summed E-state index contributed by atoms with van der Waals surface area (Å²) in [7, 11) is 0. The van der Waals surface area contributed by atoms with E-state index in [1.54, 1.807) is 13.8 Å². The van der Waals surface area contributed by atoms with Crippen molar-refractivity contribution in [2.24, 2.45) is 5.92 Å². The monoisotopic (exact) mass is 284 g/mol. The van der Waals surface area contributed by atoms with E-state index in [4.69, 9.17) is 4.74 Å². The molecule has 2 nitrogen and oxygen atoms in total. The molecule has 3 heteroatoms. The van der Waals surface area contributed by atoms with Crippen LogP contribution in [-0.2, 0) is 9.53 Å². The molecular formula is C17H29FO2. The van der Waals surface area contributed by atoms with Crippen molar-refractivity contribution in [2.75, 3.05) is 6.61 Å². The van der Waals surface area contributed by atoms with Gasteiger partial charge in [0.2, 0.25) is 0 Å². The number of halogens is 1. The molecule has 0 aliphatic heterocycles. The average Bonchev–Trinajstić information content (AvgIpc) is 2.35. The van der Waals surface area contributed by atoms with Gasteiger partial charge in [0.25, 0.3) is 0 Å². The minimum atomic E-state index is -1.05. The molecule has 0 rings (SSSR count). The van der Waals surface area contributed by atoms with Gasteiger partial charge in [0.05, 0.1) is 6.61 Å². The molecule has 0 aliphatic rings. The Bertz CT molecular complexity index is 341. The number of rotatable bonds is 9. The van der Waals surface area contributed by atoms with Crippen LogP contribution in [0.15, 0.2) is 23.3 Å². The Morgan fingerprint density at radius 3 is 2.40 bits per heavy atom. The second-order valence-corrected chi connectivity index (χ2v) is 5.65. The highest BCUT2D eigenvalue weighted by Crippen LogP contribution is 2.20. The van der Waals surface area contributed by atoms with Crippen LogP contribution in [0.5, 0.6) is 0 Å². The fourth-order valence-electron chi connectivity index (χ4n) is 1.92. The minimum absolute atomic E-state index is 0.320. The first-order valence-corrected chi connectivity index (χ1v) is 7.49. The van der Waals surface area contributed by atoms with Gasteiger partial charge in [0.1, 0.15) is 6.17 Å². The van der Waals surface area contributed by atoms with Crippen LogP contribution in [0.4, 0.5) is 4.39 Å². The summed E-state index contributed by atoms with van der Waals surface area (Å²) in [5, 5.41) is 0. The maximum atomic E-state index is 13.9. The van der Waals surface area contributed by atoms with Gasteiger partial charge < -0.3 is 4.74 Å². The van der Waals surface area contributed by atoms with Gasteiger partial charge >= 0.3 is 5.97 Å². The van der Waals surface area contributed by atoms with Crippen molar-refractivity contribution in [1.29, 1.82) is 0 Å². The molecule has 0 N–H and O–H groups in total. The summed E-state index contributed by atoms with van der Waals surface area (Å²) in [5.41, 5.74) is 1.79. The van der Waals surface area contributed by atoms with Crippen LogP contribution >= 0.6 is 0 Å². The SMILES string of the molecule is CCOC(=O)C=C(C)C(F)CCC(C)CCC=C(C)C. The van der Waals surface area contributed by atoms with Gasteiger partial charge in [-0.2, -0.15) is 0 Å². The van der Waals surface area contributed by atoms with Crippen molar-refractivity contribution in [3.8, 4) is 0 Å². The van der Waals surface area contributed by atoms with E-state index in [2.05, 4.69) is 26.8 Å². The van der Waals surface area contributed by atoms with E-state index < -0.39 is 12.1 Å². The van der Waals surface area contributed by atoms with Gasteiger partial charge in [0.15, 0.2) is 0 Å². The van der Waals surface area contributed by atoms with Gasteiger partial charge in [-0.3, -0.25) is 0 Å². The van der Waals surface area contributed by atoms with Crippen molar-refractivity contribution < 1.29 is 13.9 Å². The predicted molar refractivity (Wildman–Crippen MR) is 82.3 cm³/mol. The number of hydrogen-bond donors (Lipinski definition) is 0. The average molecular weight is 284 g/mol. The maximum Gasteiger partial charge on any atom is 0.330 e. The summed E-state index contributed by atoms with van der Waals surface area (Å²) in [5.74, 6) is 0.0449. The number of ether oxygens (including phenoxy) is 1. The Morgan fingerprint density at radius 1 is 1.20 bits per heavy atom. The van der Waals surface area contributed by atoms with Crippen LogP contribution in [0.3, 0.4) is 0 Å². The van der Waals surface area contributed by atoms with Gasteiger partial charge in [-0.1, -0.05) is 18.6 Å². The normalized spacial score (nSPS) is 14.6. The van der Waals surface area contributed by atoms with Crippen LogP contribution in [0, 0.1) is 5.92 Å². The van der Waals surface area contributed by atoms with Crippen molar-refractivity contribution in [3.05, 3.63) is 23.3 Å². The lowest BCUT2D eigenvalue weighted by Crippen LogP contribution is -2.08. The molecule has 0 heterocycles. The Morgan fingerprint density at radius 2 is 1.85 bits per heavy atom. The van der Waals surface area contributed by atoms with Gasteiger partial charge in [-0.05, 0) is 64.9 Å². The molecule has 0 aromatic heterocycles. The van der Waals surface area contributed by atoms with Crippen molar-refractivity contribution in [2.45, 2.75) is 66.5 Å². The molecule has 0 radical (unpaired) electrons. The third-order valence-corrected chi connectivity index (χ3v) is 3.25. The summed E-state index contributed by atoms with van der Waals surface area (Å²) < 4.78 is 18.7. The molecular weight excluding hydrogens is 255 g/mol. The smallest absolute Gasteiger partial charge is 0.330 e. The molecule has 2 unspecified atom stereocenters. The lowest BCUT2D eigenvalue weighted by Gasteiger charge is -2.13. The van der Waals surface area contributed by atoms with Crippen molar-refractivity contribution in [1.82, 2.24) is 0 Å². The fourth-order valence-corrected chi connectivity index (χ4v) is 1.92. The molecule has 0 amide bonds. The van der Waals surface area contributed by atoms with Gasteiger partial charge in [-0.15, -0.1) is 0 Å². The number of allylic oxidation sites excluding steroid dienone is 3. The topological polar surface area (TPSA) is 26.3 Å². The minimum Gasteiger partial charge on any atom is -0.463 e. The van der Waals surface area contributed by atoms with Crippen molar-refractivity contribution in [3.63, 3.8) is 0 Å². The first kappa shape index (κ1) is 18.9. The van der Waals surface area contributed by atoms with Crippen molar-refractivity contribution >= 4 is 5.97 Å². The highest BCUT2D eigenvalue weighted by molar-refractivity contribution is 5.82. The first-order valence-electron chi connectivity index (χ1n) is 7.49. The van der Waals surface area contributed by atoms with E-state index in [-0.39, 0.29) is 0 Å². The second-order valence-electron chi connectivity index (χ2n) is 5.65. The zero-order valence-corrected chi connectivity index (χ0v) is 13.5. The maximum absolute atomic E-state index is 13.9. The molecule has 0 bridgehead atoms. The first-order chi connectivity index (χ1) is 9.36. The fraction of sp³-hybridized carbons (Fsp3) is 0.706. The number of esters is 1. The number of hydrogen-bond acceptors (Lipinski definition) is 2. The van der Waals surface area contributed by atoms with Crippen LogP contribution in [0.25, 0.3) is 0 Å². The summed E-state index contributed by atoms with van der Waals surface area (Å²) in [6.45, 7) is 10.0. The number of carbonyl (C=O) groups is 1. The van der Waals surface area contributed by atoms with Crippen LogP contribution in [0.2, 0.25) is 0 Å². The van der Waals surface area contributed by atoms with E-state index in [0.717, 1.165) is 19.3 Å². The van der Waals surface area contributed by atoms with Gasteiger partial charge in [0, 0.05) is 6.08 Å². The summed E-state index contributed by atoms with van der Waals surface area (Å²) >= 11 is 0. The van der Waals surface area contributed by atoms with Gasteiger partial charge in [-0.25, -0.2) is 9.18 Å². The Kier molecular flexibility index (Phi) is 10.0.